The number of hydrogen-bond donors (Lipinski definition) is 0. The van der Waals surface area contributed by atoms with Crippen molar-refractivity contribution in [2.24, 2.45) is 10.4 Å². The minimum absolute atomic E-state index is 0. The van der Waals surface area contributed by atoms with Crippen molar-refractivity contribution in [3.05, 3.63) is 128 Å². The fourth-order valence-corrected chi connectivity index (χ4v) is 8.73. The number of benzene rings is 4. The SMILES string of the molecule is [2H]C1([2H])c2cc(C)c(C)cc2[C@@]2(C)N=C(c3[c-]c(Oc4[c-]c5c(cc4C)Oc4cc(C)cc6c4N5c4ncc(C)cc4C6)cc(C(C)(C)C)c3)O[C@@]12C(C)(C)C.[Pt+2]. The van der Waals surface area contributed by atoms with E-state index in [0.29, 0.717) is 34.3 Å². The summed E-state index contributed by atoms with van der Waals surface area (Å²) in [6.07, 6.45) is 0.837. The number of anilines is 3. The molecule has 4 heterocycles. The molecule has 4 aliphatic rings. The molecule has 0 amide bonds. The standard InChI is InChI=1S/C48H49N3O3.Pt/c1-26-13-31-19-32-14-27(2)25-49-43(32)51-38-23-39(30(5)18-40(38)53-41(15-26)42(31)51)52-36-21-33(20-35(22-36)45(6,7)8)44-50-47(12)37-17-29(4)28(3)16-34(37)24-48(47,54-44)46(9,10)11;/h13-18,20,22,25H,19,24H2,1-12H3;/q-2;+2/t47-,48-;/m1./s1/i24D2;. The van der Waals surface area contributed by atoms with Gasteiger partial charge in [0.25, 0.3) is 0 Å². The molecule has 3 aliphatic heterocycles. The summed E-state index contributed by atoms with van der Waals surface area (Å²) < 4.78 is 39.9. The summed E-state index contributed by atoms with van der Waals surface area (Å²) >= 11 is 0. The van der Waals surface area contributed by atoms with Crippen LogP contribution < -0.4 is 14.4 Å². The second kappa shape index (κ2) is 12.3. The van der Waals surface area contributed by atoms with Crippen molar-refractivity contribution in [2.45, 2.75) is 112 Å². The number of rotatable bonds is 3. The third kappa shape index (κ3) is 5.60. The van der Waals surface area contributed by atoms with Crippen LogP contribution in [-0.4, -0.2) is 16.5 Å². The fourth-order valence-electron chi connectivity index (χ4n) is 8.73. The Kier molecular flexibility index (Phi) is 7.83. The Bertz CT molecular complexity index is 2570. The van der Waals surface area contributed by atoms with E-state index in [1.807, 2.05) is 45.2 Å². The van der Waals surface area contributed by atoms with Gasteiger partial charge in [-0.25, -0.2) is 4.98 Å². The number of nitrogens with zero attached hydrogens (tertiary/aromatic N) is 3. The normalized spacial score (nSPS) is 21.7. The zero-order chi connectivity index (χ0) is 40.1. The predicted octanol–water partition coefficient (Wildman–Crippen LogP) is 11.8. The maximum atomic E-state index is 9.75. The summed E-state index contributed by atoms with van der Waals surface area (Å²) in [6, 6.07) is 23.8. The van der Waals surface area contributed by atoms with Gasteiger partial charge in [0, 0.05) is 50.0 Å². The van der Waals surface area contributed by atoms with Crippen LogP contribution >= 0.6 is 0 Å². The maximum Gasteiger partial charge on any atom is 2.00 e. The Hall–Kier alpha value is -4.41. The summed E-state index contributed by atoms with van der Waals surface area (Å²) in [4.78, 5) is 12.5. The van der Waals surface area contributed by atoms with E-state index in [1.165, 1.54) is 5.56 Å². The Morgan fingerprint density at radius 2 is 1.55 bits per heavy atom. The fraction of sp³-hybridized carbons (Fsp3) is 0.375. The van der Waals surface area contributed by atoms with Crippen LogP contribution in [0, 0.1) is 52.2 Å². The monoisotopic (exact) mass is 912 g/mol. The van der Waals surface area contributed by atoms with Crippen LogP contribution in [0.4, 0.5) is 17.2 Å². The van der Waals surface area contributed by atoms with Crippen LogP contribution in [0.5, 0.6) is 23.0 Å². The van der Waals surface area contributed by atoms with Crippen molar-refractivity contribution in [2.75, 3.05) is 4.90 Å². The van der Waals surface area contributed by atoms with Crippen LogP contribution in [0.15, 0.2) is 59.7 Å². The summed E-state index contributed by atoms with van der Waals surface area (Å²) in [7, 11) is 0. The van der Waals surface area contributed by atoms with Crippen LogP contribution in [0.3, 0.4) is 0 Å². The van der Waals surface area contributed by atoms with E-state index in [4.69, 9.17) is 24.2 Å². The molecule has 1 aliphatic carbocycles. The van der Waals surface area contributed by atoms with Gasteiger partial charge in [-0.3, -0.25) is 4.99 Å². The third-order valence-corrected chi connectivity index (χ3v) is 11.7. The molecule has 0 fully saturated rings. The first-order chi connectivity index (χ1) is 26.1. The molecule has 284 valence electrons. The van der Waals surface area contributed by atoms with Gasteiger partial charge in [0.05, 0.1) is 5.69 Å². The Labute approximate surface area is 343 Å². The average molecular weight is 913 g/mol. The molecule has 7 heteroatoms. The van der Waals surface area contributed by atoms with E-state index in [2.05, 4.69) is 110 Å². The number of aliphatic imine (C=N–C) groups is 1. The van der Waals surface area contributed by atoms with E-state index >= 15 is 0 Å². The largest absolute Gasteiger partial charge is 2.00 e. The number of aryl methyl sites for hydroxylation is 5. The molecule has 4 aromatic carbocycles. The van der Waals surface area contributed by atoms with Gasteiger partial charge < -0.3 is 19.1 Å². The molecule has 0 radical (unpaired) electrons. The predicted molar refractivity (Wildman–Crippen MR) is 216 cm³/mol. The number of aromatic nitrogens is 1. The smallest absolute Gasteiger partial charge is 0.513 e. The first kappa shape index (κ1) is 35.0. The van der Waals surface area contributed by atoms with Gasteiger partial charge in [-0.1, -0.05) is 90.4 Å². The van der Waals surface area contributed by atoms with E-state index < -0.39 is 22.9 Å². The molecule has 0 spiro atoms. The van der Waals surface area contributed by atoms with Crippen LogP contribution in [0.1, 0.15) is 112 Å². The zero-order valence-electron chi connectivity index (χ0n) is 35.8. The van der Waals surface area contributed by atoms with Crippen molar-refractivity contribution in [1.82, 2.24) is 4.98 Å². The summed E-state index contributed by atoms with van der Waals surface area (Å²) in [5.74, 6) is 3.74. The van der Waals surface area contributed by atoms with Gasteiger partial charge in [-0.2, -0.15) is 0 Å². The summed E-state index contributed by atoms with van der Waals surface area (Å²) in [6.45, 7) is 24.9. The second-order valence-electron chi connectivity index (χ2n) is 18.0. The van der Waals surface area contributed by atoms with Gasteiger partial charge in [0.1, 0.15) is 28.6 Å². The minimum Gasteiger partial charge on any atom is -0.513 e. The molecule has 0 saturated carbocycles. The summed E-state index contributed by atoms with van der Waals surface area (Å²) in [5.41, 5.74) is 9.19. The van der Waals surface area contributed by atoms with Gasteiger partial charge in [-0.05, 0) is 90.7 Å². The topological polar surface area (TPSA) is 56.2 Å². The van der Waals surface area contributed by atoms with Crippen molar-refractivity contribution >= 4 is 23.1 Å². The Balaban J connectivity index is 0.00000455. The van der Waals surface area contributed by atoms with E-state index in [1.54, 1.807) is 0 Å². The van der Waals surface area contributed by atoms with Crippen LogP contribution in [0.25, 0.3) is 0 Å². The van der Waals surface area contributed by atoms with Gasteiger partial charge in [0.15, 0.2) is 0 Å². The first-order valence-electron chi connectivity index (χ1n) is 19.9. The van der Waals surface area contributed by atoms with Crippen LogP contribution in [0.2, 0.25) is 0 Å². The number of fused-ring (bicyclic) bond motifs is 7. The quantitative estimate of drug-likeness (QED) is 0.165. The van der Waals surface area contributed by atoms with E-state index in [-0.39, 0.29) is 26.5 Å². The number of hydrogen-bond acceptors (Lipinski definition) is 6. The Morgan fingerprint density at radius 1 is 0.818 bits per heavy atom. The molecule has 2 atom stereocenters. The molecule has 5 aromatic rings. The van der Waals surface area contributed by atoms with Crippen LogP contribution in [-0.2, 0) is 49.5 Å². The van der Waals surface area contributed by atoms with Gasteiger partial charge in [0.2, 0.25) is 0 Å². The van der Waals surface area contributed by atoms with Gasteiger partial charge in [-0.15, -0.1) is 29.3 Å². The number of pyridine rings is 1. The zero-order valence-corrected chi connectivity index (χ0v) is 36.1. The molecule has 0 saturated heterocycles. The molecule has 9 rings (SSSR count). The molecular weight excluding hydrogens is 862 g/mol. The minimum atomic E-state index is -1.84. The molecule has 0 unspecified atom stereocenters. The third-order valence-electron chi connectivity index (χ3n) is 11.7. The van der Waals surface area contributed by atoms with Crippen molar-refractivity contribution in [3.63, 3.8) is 0 Å². The Morgan fingerprint density at radius 3 is 2.27 bits per heavy atom. The van der Waals surface area contributed by atoms with E-state index in [9.17, 15) is 2.74 Å². The maximum absolute atomic E-state index is 9.75. The molecule has 6 nitrogen and oxygen atoms in total. The molecule has 1 aromatic heterocycles. The second-order valence-corrected chi connectivity index (χ2v) is 18.0. The molecule has 0 bridgehead atoms. The molecule has 0 N–H and O–H groups in total. The molecule has 55 heavy (non-hydrogen) atoms. The average Bonchev–Trinajstić information content (AvgIpc) is 3.50. The number of ether oxygens (including phenoxy) is 3. The van der Waals surface area contributed by atoms with Crippen molar-refractivity contribution in [3.8, 4) is 23.0 Å². The van der Waals surface area contributed by atoms with E-state index in [0.717, 1.165) is 73.9 Å². The first-order valence-corrected chi connectivity index (χ1v) is 18.9. The van der Waals surface area contributed by atoms with Gasteiger partial charge >= 0.3 is 21.1 Å². The van der Waals surface area contributed by atoms with Crippen molar-refractivity contribution < 1.29 is 38.0 Å². The van der Waals surface area contributed by atoms with Crippen molar-refractivity contribution in [1.29, 1.82) is 0 Å². The molecular formula is C48H49N3O3Pt. The summed E-state index contributed by atoms with van der Waals surface area (Å²) in [5, 5.41) is 0.